The summed E-state index contributed by atoms with van der Waals surface area (Å²) in [4.78, 5) is 2.41. The van der Waals surface area contributed by atoms with Gasteiger partial charge in [0.1, 0.15) is 0 Å². The summed E-state index contributed by atoms with van der Waals surface area (Å²) < 4.78 is 24.0. The normalized spacial score (nSPS) is 11.7. The van der Waals surface area contributed by atoms with E-state index >= 15 is 0 Å². The number of nitrogens with zero attached hydrogens (tertiary/aromatic N) is 1. The fraction of sp³-hybridized carbons (Fsp3) is 0.133. The molecule has 2 aromatic carbocycles. The number of hydrogen-bond acceptors (Lipinski definition) is 3. The lowest BCUT2D eigenvalue weighted by atomic mass is 10.1. The average Bonchev–Trinajstić information content (AvgIpc) is 2.41. The molecule has 0 aliphatic carbocycles. The van der Waals surface area contributed by atoms with Crippen molar-refractivity contribution in [3.8, 4) is 0 Å². The van der Waals surface area contributed by atoms with E-state index in [1.54, 1.807) is 24.3 Å². The van der Waals surface area contributed by atoms with Gasteiger partial charge in [0.25, 0.3) is 10.0 Å². The fourth-order valence-corrected chi connectivity index (χ4v) is 2.46. The molecule has 0 saturated carbocycles. The molecule has 0 spiro atoms. The van der Waals surface area contributed by atoms with E-state index in [1.165, 1.54) is 6.21 Å². The van der Waals surface area contributed by atoms with Crippen molar-refractivity contribution < 1.29 is 8.42 Å². The minimum Gasteiger partial charge on any atom is -0.200 e. The predicted octanol–water partition coefficient (Wildman–Crippen LogP) is 2.62. The molecule has 0 amide bonds. The Balaban J connectivity index is 2.14. The lowest BCUT2D eigenvalue weighted by Crippen LogP contribution is -2.18. The number of rotatable bonds is 4. The Kier molecular flexibility index (Phi) is 4.20. The van der Waals surface area contributed by atoms with Crippen molar-refractivity contribution in [1.82, 2.24) is 4.83 Å². The van der Waals surface area contributed by atoms with E-state index in [-0.39, 0.29) is 4.90 Å². The van der Waals surface area contributed by atoms with Crippen LogP contribution in [0.2, 0.25) is 0 Å². The van der Waals surface area contributed by atoms with E-state index < -0.39 is 10.0 Å². The minimum absolute atomic E-state index is 0.199. The highest BCUT2D eigenvalue weighted by Crippen LogP contribution is 2.10. The van der Waals surface area contributed by atoms with Crippen LogP contribution in [0.4, 0.5) is 0 Å². The number of benzene rings is 2. The second kappa shape index (κ2) is 5.88. The number of aryl methyl sites for hydroxylation is 2. The van der Waals surface area contributed by atoms with Crippen LogP contribution in [-0.4, -0.2) is 14.6 Å². The van der Waals surface area contributed by atoms with Crippen molar-refractivity contribution in [2.75, 3.05) is 0 Å². The molecule has 0 aliphatic rings. The SMILES string of the molecule is Cc1ccc(S(=O)(=O)N/N=C/c2ccccc2C)cc1. The minimum atomic E-state index is -3.61. The quantitative estimate of drug-likeness (QED) is 0.694. The maximum Gasteiger partial charge on any atom is 0.276 e. The van der Waals surface area contributed by atoms with E-state index in [9.17, 15) is 8.42 Å². The lowest BCUT2D eigenvalue weighted by Gasteiger charge is -2.04. The molecule has 0 fully saturated rings. The van der Waals surface area contributed by atoms with Gasteiger partial charge in [-0.3, -0.25) is 0 Å². The Bertz CT molecular complexity index is 720. The highest BCUT2D eigenvalue weighted by molar-refractivity contribution is 7.89. The Morgan fingerprint density at radius 2 is 1.65 bits per heavy atom. The summed E-state index contributed by atoms with van der Waals surface area (Å²) in [6, 6.07) is 14.2. The second-order valence-electron chi connectivity index (χ2n) is 4.52. The molecular formula is C15H16N2O2S. The van der Waals surface area contributed by atoms with Crippen LogP contribution in [0.5, 0.6) is 0 Å². The van der Waals surface area contributed by atoms with Gasteiger partial charge in [-0.2, -0.15) is 13.5 Å². The Labute approximate surface area is 119 Å². The first kappa shape index (κ1) is 14.3. The lowest BCUT2D eigenvalue weighted by molar-refractivity contribution is 0.584. The first-order valence-electron chi connectivity index (χ1n) is 6.16. The van der Waals surface area contributed by atoms with Crippen LogP contribution in [0.25, 0.3) is 0 Å². The third-order valence-electron chi connectivity index (χ3n) is 2.90. The summed E-state index contributed by atoms with van der Waals surface area (Å²) in [6.07, 6.45) is 1.50. The summed E-state index contributed by atoms with van der Waals surface area (Å²) in [5.41, 5.74) is 2.91. The van der Waals surface area contributed by atoms with Crippen LogP contribution in [-0.2, 0) is 10.0 Å². The summed E-state index contributed by atoms with van der Waals surface area (Å²) >= 11 is 0. The number of sulfonamides is 1. The Morgan fingerprint density at radius 1 is 1.00 bits per heavy atom. The van der Waals surface area contributed by atoms with Gasteiger partial charge in [-0.05, 0) is 37.1 Å². The summed E-state index contributed by atoms with van der Waals surface area (Å²) in [6.45, 7) is 3.84. The molecule has 5 heteroatoms. The molecule has 20 heavy (non-hydrogen) atoms. The molecule has 0 aromatic heterocycles. The van der Waals surface area contributed by atoms with Crippen LogP contribution < -0.4 is 4.83 Å². The van der Waals surface area contributed by atoms with Gasteiger partial charge in [-0.25, -0.2) is 4.83 Å². The predicted molar refractivity (Wildman–Crippen MR) is 80.3 cm³/mol. The highest BCUT2D eigenvalue weighted by atomic mass is 32.2. The Hall–Kier alpha value is -2.14. The third-order valence-corrected chi connectivity index (χ3v) is 4.13. The highest BCUT2D eigenvalue weighted by Gasteiger charge is 2.11. The molecular weight excluding hydrogens is 272 g/mol. The molecule has 0 unspecified atom stereocenters. The Morgan fingerprint density at radius 3 is 2.30 bits per heavy atom. The molecule has 0 heterocycles. The van der Waals surface area contributed by atoms with Crippen molar-refractivity contribution in [3.63, 3.8) is 0 Å². The van der Waals surface area contributed by atoms with Crippen molar-refractivity contribution in [1.29, 1.82) is 0 Å². The van der Waals surface area contributed by atoms with Crippen molar-refractivity contribution >= 4 is 16.2 Å². The van der Waals surface area contributed by atoms with Gasteiger partial charge in [0.2, 0.25) is 0 Å². The van der Waals surface area contributed by atoms with E-state index in [1.807, 2.05) is 38.1 Å². The molecule has 0 aliphatic heterocycles. The van der Waals surface area contributed by atoms with Gasteiger partial charge >= 0.3 is 0 Å². The molecule has 2 rings (SSSR count). The zero-order valence-electron chi connectivity index (χ0n) is 11.4. The zero-order valence-corrected chi connectivity index (χ0v) is 12.2. The third kappa shape index (κ3) is 3.45. The van der Waals surface area contributed by atoms with E-state index in [2.05, 4.69) is 9.93 Å². The molecule has 0 saturated heterocycles. The summed E-state index contributed by atoms with van der Waals surface area (Å²) in [7, 11) is -3.61. The average molecular weight is 288 g/mol. The molecule has 0 bridgehead atoms. The fourth-order valence-electron chi connectivity index (χ4n) is 1.67. The maximum atomic E-state index is 12.0. The van der Waals surface area contributed by atoms with Gasteiger partial charge in [-0.1, -0.05) is 42.0 Å². The number of nitrogens with one attached hydrogen (secondary N) is 1. The van der Waals surface area contributed by atoms with Crippen molar-refractivity contribution in [2.45, 2.75) is 18.7 Å². The topological polar surface area (TPSA) is 58.5 Å². The molecule has 104 valence electrons. The van der Waals surface area contributed by atoms with E-state index in [4.69, 9.17) is 0 Å². The van der Waals surface area contributed by atoms with Crippen LogP contribution in [0.1, 0.15) is 16.7 Å². The molecule has 2 aromatic rings. The maximum absolute atomic E-state index is 12.0. The standard InChI is InChI=1S/C15H16N2O2S/c1-12-7-9-15(10-8-12)20(18,19)17-16-11-14-6-4-3-5-13(14)2/h3-11,17H,1-2H3/b16-11+. The monoisotopic (exact) mass is 288 g/mol. The van der Waals surface area contributed by atoms with Gasteiger partial charge < -0.3 is 0 Å². The smallest absolute Gasteiger partial charge is 0.200 e. The molecule has 4 nitrogen and oxygen atoms in total. The van der Waals surface area contributed by atoms with Crippen LogP contribution in [0.3, 0.4) is 0 Å². The molecule has 0 radical (unpaired) electrons. The first-order valence-corrected chi connectivity index (χ1v) is 7.64. The molecule has 0 atom stereocenters. The second-order valence-corrected chi connectivity index (χ2v) is 6.18. The molecule has 1 N–H and O–H groups in total. The largest absolute Gasteiger partial charge is 0.276 e. The van der Waals surface area contributed by atoms with Gasteiger partial charge in [0.05, 0.1) is 11.1 Å². The first-order chi connectivity index (χ1) is 9.49. The van der Waals surface area contributed by atoms with Crippen LogP contribution in [0, 0.1) is 13.8 Å². The van der Waals surface area contributed by atoms with Crippen molar-refractivity contribution in [2.24, 2.45) is 5.10 Å². The van der Waals surface area contributed by atoms with Crippen LogP contribution in [0.15, 0.2) is 58.5 Å². The van der Waals surface area contributed by atoms with Gasteiger partial charge in [0, 0.05) is 0 Å². The van der Waals surface area contributed by atoms with Gasteiger partial charge in [-0.15, -0.1) is 0 Å². The van der Waals surface area contributed by atoms with Crippen molar-refractivity contribution in [3.05, 3.63) is 65.2 Å². The number of hydrazone groups is 1. The zero-order chi connectivity index (χ0) is 14.6. The van der Waals surface area contributed by atoms with Gasteiger partial charge in [0.15, 0.2) is 0 Å². The summed E-state index contributed by atoms with van der Waals surface area (Å²) in [5, 5.41) is 3.81. The number of hydrogen-bond donors (Lipinski definition) is 1. The van der Waals surface area contributed by atoms with E-state index in [0.717, 1.165) is 16.7 Å². The van der Waals surface area contributed by atoms with Crippen LogP contribution >= 0.6 is 0 Å². The summed E-state index contributed by atoms with van der Waals surface area (Å²) in [5.74, 6) is 0. The van der Waals surface area contributed by atoms with E-state index in [0.29, 0.717) is 0 Å².